The third-order valence-electron chi connectivity index (χ3n) is 15.1. The van der Waals surface area contributed by atoms with Gasteiger partial charge in [0, 0.05) is 44.0 Å². The van der Waals surface area contributed by atoms with Crippen LogP contribution in [0.25, 0.3) is 117 Å². The van der Waals surface area contributed by atoms with Crippen LogP contribution in [-0.2, 0) is 6.42 Å². The van der Waals surface area contributed by atoms with E-state index in [9.17, 15) is 0 Å². The topological polar surface area (TPSA) is 14.8 Å². The molecule has 0 saturated carbocycles. The lowest BCUT2D eigenvalue weighted by atomic mass is 9.97. The van der Waals surface area contributed by atoms with Crippen LogP contribution in [0.15, 0.2) is 218 Å². The van der Waals surface area contributed by atoms with Gasteiger partial charge in [-0.3, -0.25) is 0 Å². The van der Waals surface area contributed by atoms with Crippen LogP contribution in [0.1, 0.15) is 48.9 Å². The first-order valence-electron chi connectivity index (χ1n) is 24.7. The number of para-hydroxylation sites is 1. The van der Waals surface area contributed by atoms with Crippen LogP contribution in [0.2, 0.25) is 0 Å². The maximum atomic E-state index is 2.59. The molecule has 328 valence electrons. The molecule has 0 radical (unpaired) electrons. The van der Waals surface area contributed by atoms with Crippen molar-refractivity contribution in [2.45, 2.75) is 38.5 Å². The Morgan fingerprint density at radius 1 is 0.319 bits per heavy atom. The average Bonchev–Trinajstić information content (AvgIpc) is 4.06. The predicted molar refractivity (Wildman–Crippen MR) is 294 cm³/mol. The van der Waals surface area contributed by atoms with E-state index >= 15 is 0 Å². The van der Waals surface area contributed by atoms with Gasteiger partial charge in [0.15, 0.2) is 0 Å². The van der Waals surface area contributed by atoms with Gasteiger partial charge in [-0.2, -0.15) is 0 Å². The predicted octanol–water partition coefficient (Wildman–Crippen LogP) is 17.7. The summed E-state index contributed by atoms with van der Waals surface area (Å²) in [6.45, 7) is 0. The van der Waals surface area contributed by atoms with E-state index in [1.165, 1.54) is 127 Å². The fourth-order valence-corrected chi connectivity index (χ4v) is 11.8. The van der Waals surface area contributed by atoms with Gasteiger partial charge >= 0.3 is 0 Å². The number of aromatic nitrogens is 3. The van der Waals surface area contributed by atoms with E-state index in [0.717, 1.165) is 38.5 Å². The third-order valence-corrected chi connectivity index (χ3v) is 15.1. The van der Waals surface area contributed by atoms with Gasteiger partial charge in [-0.05, 0) is 161 Å². The molecule has 0 N–H and O–H groups in total. The van der Waals surface area contributed by atoms with Crippen LogP contribution in [-0.4, -0.2) is 13.7 Å². The molecular weight excluding hydrogens is 835 g/mol. The molecule has 3 heteroatoms. The SMILES string of the molecule is C1=CC(c2ccc3c(c2)c2cc(-c4ccccc4)ccc2n3C2=Cc3c(c4ccccc4n3C3=CC=C(n4c5ccc(-c6ccccc6)cc5c5cc(-c6ccccc6)ccc54)CC3)CC2)=CCC1. The molecule has 3 aliphatic carbocycles. The fraction of sp³-hybridized carbons (Fsp3) is 0.0909. The molecule has 11 aromatic rings. The fourth-order valence-electron chi connectivity index (χ4n) is 11.8. The largest absolute Gasteiger partial charge is 0.313 e. The molecule has 0 atom stereocenters. The smallest absolute Gasteiger partial charge is 0.0538 e. The Hall–Kier alpha value is -8.40. The van der Waals surface area contributed by atoms with Crippen molar-refractivity contribution in [1.82, 2.24) is 13.7 Å². The molecule has 0 aliphatic heterocycles. The number of benzene rings is 8. The number of hydrogen-bond donors (Lipinski definition) is 0. The van der Waals surface area contributed by atoms with Crippen molar-refractivity contribution in [2.75, 3.05) is 0 Å². The van der Waals surface area contributed by atoms with E-state index < -0.39 is 0 Å². The maximum absolute atomic E-state index is 2.59. The van der Waals surface area contributed by atoms with Gasteiger partial charge in [-0.25, -0.2) is 0 Å². The maximum Gasteiger partial charge on any atom is 0.0538 e. The Balaban J connectivity index is 0.913. The van der Waals surface area contributed by atoms with E-state index in [1.54, 1.807) is 0 Å². The molecule has 0 amide bonds. The van der Waals surface area contributed by atoms with Crippen molar-refractivity contribution < 1.29 is 0 Å². The first-order chi connectivity index (χ1) is 34.2. The summed E-state index contributed by atoms with van der Waals surface area (Å²) < 4.78 is 7.69. The molecular formula is C66H49N3. The quantitative estimate of drug-likeness (QED) is 0.151. The second-order valence-electron chi connectivity index (χ2n) is 19.0. The Bertz CT molecular complexity index is 3930. The summed E-state index contributed by atoms with van der Waals surface area (Å²) >= 11 is 0. The van der Waals surface area contributed by atoms with Crippen molar-refractivity contribution in [2.24, 2.45) is 0 Å². The number of rotatable bonds is 7. The monoisotopic (exact) mass is 883 g/mol. The summed E-state index contributed by atoms with van der Waals surface area (Å²) in [4.78, 5) is 0. The molecule has 0 fully saturated rings. The van der Waals surface area contributed by atoms with Gasteiger partial charge in [-0.15, -0.1) is 0 Å². The molecule has 14 rings (SSSR count). The summed E-state index contributed by atoms with van der Waals surface area (Å²) in [5, 5.41) is 6.52. The molecule has 0 saturated heterocycles. The first kappa shape index (κ1) is 39.7. The van der Waals surface area contributed by atoms with Crippen molar-refractivity contribution >= 4 is 83.3 Å². The Kier molecular flexibility index (Phi) is 9.30. The number of aryl methyl sites for hydroxylation is 1. The summed E-state index contributed by atoms with van der Waals surface area (Å²) in [6.07, 6.45) is 20.3. The molecule has 69 heavy (non-hydrogen) atoms. The zero-order valence-electron chi connectivity index (χ0n) is 38.4. The van der Waals surface area contributed by atoms with Crippen LogP contribution in [0.3, 0.4) is 0 Å². The third kappa shape index (κ3) is 6.56. The number of hydrogen-bond acceptors (Lipinski definition) is 0. The highest BCUT2D eigenvalue weighted by atomic mass is 15.0. The lowest BCUT2D eigenvalue weighted by molar-refractivity contribution is 0.905. The Labute approximate surface area is 402 Å². The molecule has 3 aromatic heterocycles. The lowest BCUT2D eigenvalue weighted by Gasteiger charge is -2.23. The second-order valence-corrected chi connectivity index (χ2v) is 19.0. The standard InChI is InChI=1S/C66H49N3/c1-5-15-44(16-6-1)48-25-35-62-57(39-48)58-40-49(45-17-7-2-8-18-45)26-36-63(58)67(62)52-29-31-53(32-30-52)68-61-24-14-13-23-55(61)56-34-33-54(43-66(56)68)69-64-37-27-50(46-19-9-3-10-20-46)41-59(64)60-42-51(28-38-65(60)69)47-21-11-4-12-22-47/h1-3,5-11,13-29,31,35-43H,4,12,30,32-34H2. The Morgan fingerprint density at radius 2 is 0.754 bits per heavy atom. The van der Waals surface area contributed by atoms with Crippen molar-refractivity contribution in [3.05, 3.63) is 235 Å². The molecule has 8 aromatic carbocycles. The highest BCUT2D eigenvalue weighted by Crippen LogP contribution is 2.44. The van der Waals surface area contributed by atoms with Crippen molar-refractivity contribution in [3.8, 4) is 33.4 Å². The summed E-state index contributed by atoms with van der Waals surface area (Å²) in [5.74, 6) is 0. The van der Waals surface area contributed by atoms with Gasteiger partial charge in [0.2, 0.25) is 0 Å². The zero-order valence-corrected chi connectivity index (χ0v) is 38.4. The highest BCUT2D eigenvalue weighted by Gasteiger charge is 2.26. The summed E-state index contributed by atoms with van der Waals surface area (Å²) in [5.41, 5.74) is 23.1. The normalized spacial score (nSPS) is 14.9. The minimum absolute atomic E-state index is 0.925. The molecule has 3 aliphatic rings. The van der Waals surface area contributed by atoms with Crippen molar-refractivity contribution in [1.29, 1.82) is 0 Å². The molecule has 0 bridgehead atoms. The van der Waals surface area contributed by atoms with Gasteiger partial charge in [0.1, 0.15) is 0 Å². The molecule has 0 unspecified atom stereocenters. The van der Waals surface area contributed by atoms with Gasteiger partial charge in [0.05, 0.1) is 33.3 Å². The minimum atomic E-state index is 0.925. The van der Waals surface area contributed by atoms with Crippen LogP contribution < -0.4 is 0 Å². The van der Waals surface area contributed by atoms with Gasteiger partial charge < -0.3 is 13.7 Å². The average molecular weight is 884 g/mol. The van der Waals surface area contributed by atoms with E-state index in [0.29, 0.717) is 0 Å². The van der Waals surface area contributed by atoms with Crippen LogP contribution in [0, 0.1) is 0 Å². The lowest BCUT2D eigenvalue weighted by Crippen LogP contribution is -2.09. The minimum Gasteiger partial charge on any atom is -0.313 e. The number of fused-ring (bicyclic) bond motifs is 9. The van der Waals surface area contributed by atoms with Gasteiger partial charge in [0.25, 0.3) is 0 Å². The number of nitrogens with zero attached hydrogens (tertiary/aromatic N) is 3. The van der Waals surface area contributed by atoms with E-state index in [1.807, 2.05) is 0 Å². The van der Waals surface area contributed by atoms with E-state index in [4.69, 9.17) is 0 Å². The van der Waals surface area contributed by atoms with Gasteiger partial charge in [-0.1, -0.05) is 152 Å². The summed E-state index contributed by atoms with van der Waals surface area (Å²) in [7, 11) is 0. The summed E-state index contributed by atoms with van der Waals surface area (Å²) in [6, 6.07) is 69.7. The van der Waals surface area contributed by atoms with Crippen molar-refractivity contribution in [3.63, 3.8) is 0 Å². The van der Waals surface area contributed by atoms with E-state index in [2.05, 4.69) is 238 Å². The highest BCUT2D eigenvalue weighted by molar-refractivity contribution is 6.14. The van der Waals surface area contributed by atoms with Crippen LogP contribution >= 0.6 is 0 Å². The van der Waals surface area contributed by atoms with Crippen LogP contribution in [0.4, 0.5) is 0 Å². The second kappa shape index (κ2) is 16.1. The molecule has 3 nitrogen and oxygen atoms in total. The molecule has 0 spiro atoms. The Morgan fingerprint density at radius 3 is 1.26 bits per heavy atom. The zero-order chi connectivity index (χ0) is 45.4. The van der Waals surface area contributed by atoms with E-state index in [-0.39, 0.29) is 0 Å². The molecule has 3 heterocycles. The first-order valence-corrected chi connectivity index (χ1v) is 24.7. The van der Waals surface area contributed by atoms with Crippen LogP contribution in [0.5, 0.6) is 0 Å². The number of allylic oxidation sites excluding steroid dienone is 9.